The Morgan fingerprint density at radius 3 is 2.60 bits per heavy atom. The molecule has 0 aliphatic carbocycles. The van der Waals surface area contributed by atoms with Crippen LogP contribution in [0.2, 0.25) is 5.02 Å². The van der Waals surface area contributed by atoms with Crippen LogP contribution in [0.15, 0.2) is 36.5 Å². The van der Waals surface area contributed by atoms with E-state index >= 15 is 0 Å². The second-order valence-corrected chi connectivity index (χ2v) is 5.47. The third kappa shape index (κ3) is 3.59. The zero-order valence-corrected chi connectivity index (χ0v) is 13.0. The molecule has 1 N–H and O–H groups in total. The molecule has 0 fully saturated rings. The fourth-order valence-corrected chi connectivity index (χ4v) is 2.40. The van der Waals surface area contributed by atoms with Crippen molar-refractivity contribution < 1.29 is 0 Å². The lowest BCUT2D eigenvalue weighted by molar-refractivity contribution is 0.584. The van der Waals surface area contributed by atoms with Crippen LogP contribution < -0.4 is 5.32 Å². The third-order valence-corrected chi connectivity index (χ3v) is 4.06. The van der Waals surface area contributed by atoms with E-state index in [0.717, 1.165) is 29.1 Å². The van der Waals surface area contributed by atoms with Gasteiger partial charge in [0.05, 0.1) is 0 Å². The number of nitrogens with zero attached hydrogens (tertiary/aromatic N) is 1. The third-order valence-electron chi connectivity index (χ3n) is 3.65. The number of hydrogen-bond acceptors (Lipinski definition) is 2. The lowest BCUT2D eigenvalue weighted by atomic mass is 10.0. The first-order valence-corrected chi connectivity index (χ1v) is 7.39. The molecule has 0 saturated carbocycles. The molecule has 0 aliphatic rings. The first kappa shape index (κ1) is 15.0. The molecule has 0 radical (unpaired) electrons. The summed E-state index contributed by atoms with van der Waals surface area (Å²) in [5, 5.41) is 4.16. The quantitative estimate of drug-likeness (QED) is 0.896. The van der Waals surface area contributed by atoms with Crippen molar-refractivity contribution in [3.8, 4) is 0 Å². The number of likely N-dealkylation sites (N-methyl/N-ethyl adjacent to an activating group) is 1. The smallest absolute Gasteiger partial charge is 0.0438 e. The molecule has 0 saturated heterocycles. The number of rotatable bonds is 5. The van der Waals surface area contributed by atoms with E-state index in [1.807, 2.05) is 26.2 Å². The van der Waals surface area contributed by atoms with E-state index in [0.29, 0.717) is 0 Å². The summed E-state index contributed by atoms with van der Waals surface area (Å²) in [5.41, 5.74) is 4.67. The van der Waals surface area contributed by atoms with Gasteiger partial charge in [0.15, 0.2) is 0 Å². The molecular formula is C17H21ClN2. The molecule has 3 heteroatoms. The first-order chi connectivity index (χ1) is 9.63. The van der Waals surface area contributed by atoms with Gasteiger partial charge in [0.25, 0.3) is 0 Å². The number of benzene rings is 1. The Morgan fingerprint density at radius 1 is 1.25 bits per heavy atom. The molecule has 1 heterocycles. The highest BCUT2D eigenvalue weighted by Gasteiger charge is 2.12. The van der Waals surface area contributed by atoms with Gasteiger partial charge in [0, 0.05) is 29.4 Å². The van der Waals surface area contributed by atoms with Gasteiger partial charge in [-0.1, -0.05) is 36.7 Å². The summed E-state index contributed by atoms with van der Waals surface area (Å²) in [5.74, 6) is 0. The average molecular weight is 289 g/mol. The second-order valence-electron chi connectivity index (χ2n) is 5.07. The summed E-state index contributed by atoms with van der Waals surface area (Å²) < 4.78 is 0. The largest absolute Gasteiger partial charge is 0.313 e. The lowest BCUT2D eigenvalue weighted by Crippen LogP contribution is -2.19. The van der Waals surface area contributed by atoms with Gasteiger partial charge in [0.1, 0.15) is 0 Å². The molecule has 1 aromatic heterocycles. The highest BCUT2D eigenvalue weighted by molar-refractivity contribution is 6.31. The summed E-state index contributed by atoms with van der Waals surface area (Å²) in [6.07, 6.45) is 3.85. The van der Waals surface area contributed by atoms with Crippen LogP contribution in [0, 0.1) is 6.92 Å². The number of halogens is 1. The van der Waals surface area contributed by atoms with Gasteiger partial charge in [0.2, 0.25) is 0 Å². The molecule has 1 unspecified atom stereocenters. The maximum atomic E-state index is 6.21. The molecule has 1 aromatic carbocycles. The fraction of sp³-hybridized carbons (Fsp3) is 0.353. The average Bonchev–Trinajstić information content (AvgIpc) is 2.48. The van der Waals surface area contributed by atoms with Gasteiger partial charge < -0.3 is 5.32 Å². The number of aryl methyl sites for hydroxylation is 2. The summed E-state index contributed by atoms with van der Waals surface area (Å²) >= 11 is 6.21. The summed E-state index contributed by atoms with van der Waals surface area (Å²) in [6.45, 7) is 4.16. The number of nitrogens with one attached hydrogen (secondary N) is 1. The van der Waals surface area contributed by atoms with Gasteiger partial charge >= 0.3 is 0 Å². The lowest BCUT2D eigenvalue weighted by Gasteiger charge is -2.17. The highest BCUT2D eigenvalue weighted by Crippen LogP contribution is 2.23. The molecule has 2 nitrogen and oxygen atoms in total. The molecule has 20 heavy (non-hydrogen) atoms. The summed E-state index contributed by atoms with van der Waals surface area (Å²) in [7, 11) is 1.97. The van der Waals surface area contributed by atoms with Crippen molar-refractivity contribution >= 4 is 11.6 Å². The summed E-state index contributed by atoms with van der Waals surface area (Å²) in [4.78, 5) is 4.53. The minimum atomic E-state index is 0.230. The van der Waals surface area contributed by atoms with Crippen LogP contribution in [0.1, 0.15) is 35.3 Å². The molecule has 1 atom stereocenters. The van der Waals surface area contributed by atoms with Crippen molar-refractivity contribution in [3.63, 3.8) is 0 Å². The minimum Gasteiger partial charge on any atom is -0.313 e. The Kier molecular flexibility index (Phi) is 5.16. The minimum absolute atomic E-state index is 0.230. The number of pyridine rings is 1. The molecule has 0 amide bonds. The Balaban J connectivity index is 2.16. The molecule has 2 rings (SSSR count). The predicted octanol–water partition coefficient (Wildman–Crippen LogP) is 4.11. The van der Waals surface area contributed by atoms with Gasteiger partial charge in [-0.3, -0.25) is 4.98 Å². The van der Waals surface area contributed by atoms with Crippen LogP contribution >= 0.6 is 11.6 Å². The fourth-order valence-electron chi connectivity index (χ4n) is 2.21. The molecule has 0 aliphatic heterocycles. The molecule has 0 spiro atoms. The Bertz CT molecular complexity index is 564. The molecule has 106 valence electrons. The molecular weight excluding hydrogens is 268 g/mol. The van der Waals surface area contributed by atoms with Crippen LogP contribution in [0.5, 0.6) is 0 Å². The Labute approximate surface area is 126 Å². The SMILES string of the molecule is CCc1ccc(CC(NC)c2ccc(C)c(Cl)c2)nc1. The normalized spacial score (nSPS) is 12.4. The van der Waals surface area contributed by atoms with E-state index in [1.54, 1.807) is 0 Å². The van der Waals surface area contributed by atoms with E-state index < -0.39 is 0 Å². The topological polar surface area (TPSA) is 24.9 Å². The van der Waals surface area contributed by atoms with Crippen molar-refractivity contribution in [1.29, 1.82) is 0 Å². The zero-order valence-electron chi connectivity index (χ0n) is 12.3. The zero-order chi connectivity index (χ0) is 14.5. The molecule has 2 aromatic rings. The van der Waals surface area contributed by atoms with Crippen molar-refractivity contribution in [1.82, 2.24) is 10.3 Å². The van der Waals surface area contributed by atoms with Crippen molar-refractivity contribution in [2.24, 2.45) is 0 Å². The van der Waals surface area contributed by atoms with Crippen LogP contribution in [-0.4, -0.2) is 12.0 Å². The standard InChI is InChI=1S/C17H21ClN2/c1-4-13-6-8-15(20-11-13)10-17(19-3)14-7-5-12(2)16(18)9-14/h5-9,11,17,19H,4,10H2,1-3H3. The van der Waals surface area contributed by atoms with E-state index in [-0.39, 0.29) is 6.04 Å². The number of aromatic nitrogens is 1. The summed E-state index contributed by atoms with van der Waals surface area (Å²) in [6, 6.07) is 10.7. The van der Waals surface area contributed by atoms with Gasteiger partial charge in [-0.25, -0.2) is 0 Å². The van der Waals surface area contributed by atoms with Gasteiger partial charge in [-0.15, -0.1) is 0 Å². The van der Waals surface area contributed by atoms with E-state index in [4.69, 9.17) is 11.6 Å². The van der Waals surface area contributed by atoms with E-state index in [1.165, 1.54) is 11.1 Å². The van der Waals surface area contributed by atoms with Crippen molar-refractivity contribution in [3.05, 3.63) is 63.9 Å². The van der Waals surface area contributed by atoms with Gasteiger partial charge in [-0.2, -0.15) is 0 Å². The second kappa shape index (κ2) is 6.87. The van der Waals surface area contributed by atoms with Crippen molar-refractivity contribution in [2.45, 2.75) is 32.7 Å². The maximum absolute atomic E-state index is 6.21. The predicted molar refractivity (Wildman–Crippen MR) is 85.3 cm³/mol. The first-order valence-electron chi connectivity index (χ1n) is 7.01. The maximum Gasteiger partial charge on any atom is 0.0438 e. The van der Waals surface area contributed by atoms with Crippen LogP contribution in [0.4, 0.5) is 0 Å². The van der Waals surface area contributed by atoms with Crippen LogP contribution in [-0.2, 0) is 12.8 Å². The van der Waals surface area contributed by atoms with E-state index in [9.17, 15) is 0 Å². The Hall–Kier alpha value is -1.38. The van der Waals surface area contributed by atoms with E-state index in [2.05, 4.69) is 41.5 Å². The molecule has 0 bridgehead atoms. The highest BCUT2D eigenvalue weighted by atomic mass is 35.5. The number of hydrogen-bond donors (Lipinski definition) is 1. The Morgan fingerprint density at radius 2 is 2.05 bits per heavy atom. The monoisotopic (exact) mass is 288 g/mol. The van der Waals surface area contributed by atoms with Crippen molar-refractivity contribution in [2.75, 3.05) is 7.05 Å². The van der Waals surface area contributed by atoms with Crippen LogP contribution in [0.25, 0.3) is 0 Å². The van der Waals surface area contributed by atoms with Gasteiger partial charge in [-0.05, 0) is 49.2 Å². The van der Waals surface area contributed by atoms with Crippen LogP contribution in [0.3, 0.4) is 0 Å².